The highest BCUT2D eigenvalue weighted by Crippen LogP contribution is 2.18. The molecule has 1 aliphatic rings. The molecule has 0 radical (unpaired) electrons. The van der Waals surface area contributed by atoms with E-state index in [9.17, 15) is 24.3 Å². The van der Waals surface area contributed by atoms with E-state index in [-0.39, 0.29) is 19.6 Å². The SMILES string of the molecule is CCOC(=O)C1CN(C)C(=O)N1C(=O)C(C)NC(CCc1ccccc1)C(=O)O. The van der Waals surface area contributed by atoms with Crippen LogP contribution in [-0.4, -0.2) is 77.1 Å². The van der Waals surface area contributed by atoms with Crippen molar-refractivity contribution in [2.75, 3.05) is 20.2 Å². The average Bonchev–Trinajstić information content (AvgIpc) is 3.00. The summed E-state index contributed by atoms with van der Waals surface area (Å²) in [4.78, 5) is 51.2. The predicted octanol–water partition coefficient (Wildman–Crippen LogP) is 0.876. The van der Waals surface area contributed by atoms with Gasteiger partial charge in [-0.2, -0.15) is 0 Å². The number of benzene rings is 1. The molecular weight excluding hydrogens is 378 g/mol. The van der Waals surface area contributed by atoms with E-state index in [1.54, 1.807) is 6.92 Å². The van der Waals surface area contributed by atoms with Crippen LogP contribution in [0.5, 0.6) is 0 Å². The molecule has 1 fully saturated rings. The highest BCUT2D eigenvalue weighted by molar-refractivity contribution is 6.03. The molecule has 9 heteroatoms. The zero-order chi connectivity index (χ0) is 21.6. The van der Waals surface area contributed by atoms with Gasteiger partial charge in [0.25, 0.3) is 0 Å². The minimum atomic E-state index is -1.09. The smallest absolute Gasteiger partial charge is 0.331 e. The zero-order valence-corrected chi connectivity index (χ0v) is 16.8. The third kappa shape index (κ3) is 5.54. The van der Waals surface area contributed by atoms with Gasteiger partial charge in [-0.1, -0.05) is 30.3 Å². The zero-order valence-electron chi connectivity index (χ0n) is 16.8. The number of rotatable bonds is 9. The van der Waals surface area contributed by atoms with Crippen molar-refractivity contribution in [2.45, 2.75) is 44.8 Å². The van der Waals surface area contributed by atoms with Crippen molar-refractivity contribution in [3.05, 3.63) is 35.9 Å². The number of carbonyl (C=O) groups is 4. The van der Waals surface area contributed by atoms with Crippen LogP contribution < -0.4 is 5.32 Å². The molecule has 1 aromatic carbocycles. The molecule has 158 valence electrons. The lowest BCUT2D eigenvalue weighted by atomic mass is 10.0. The summed E-state index contributed by atoms with van der Waals surface area (Å²) in [5, 5.41) is 12.3. The van der Waals surface area contributed by atoms with Crippen LogP contribution in [0.3, 0.4) is 0 Å². The summed E-state index contributed by atoms with van der Waals surface area (Å²) in [6, 6.07) is 5.80. The van der Waals surface area contributed by atoms with Crippen molar-refractivity contribution < 1.29 is 29.0 Å². The predicted molar refractivity (Wildman–Crippen MR) is 104 cm³/mol. The van der Waals surface area contributed by atoms with Gasteiger partial charge in [0.05, 0.1) is 19.2 Å². The maximum absolute atomic E-state index is 12.9. The van der Waals surface area contributed by atoms with Crippen molar-refractivity contribution in [2.24, 2.45) is 0 Å². The number of aliphatic carboxylic acids is 1. The number of carboxylic acids is 1. The number of nitrogens with zero attached hydrogens (tertiary/aromatic N) is 2. The summed E-state index contributed by atoms with van der Waals surface area (Å²) in [6.45, 7) is 3.28. The van der Waals surface area contributed by atoms with Gasteiger partial charge in [-0.3, -0.25) is 14.9 Å². The second-order valence-corrected chi connectivity index (χ2v) is 6.94. The molecule has 1 aliphatic heterocycles. The lowest BCUT2D eigenvalue weighted by molar-refractivity contribution is -0.151. The Morgan fingerprint density at radius 2 is 1.93 bits per heavy atom. The third-order valence-corrected chi connectivity index (χ3v) is 4.77. The number of hydrogen-bond donors (Lipinski definition) is 2. The molecule has 1 heterocycles. The fourth-order valence-electron chi connectivity index (χ4n) is 3.22. The Labute approximate surface area is 169 Å². The first-order valence-electron chi connectivity index (χ1n) is 9.53. The summed E-state index contributed by atoms with van der Waals surface area (Å²) < 4.78 is 4.96. The van der Waals surface area contributed by atoms with E-state index in [1.165, 1.54) is 18.9 Å². The van der Waals surface area contributed by atoms with E-state index in [0.29, 0.717) is 6.42 Å². The van der Waals surface area contributed by atoms with Crippen LogP contribution >= 0.6 is 0 Å². The Kier molecular flexibility index (Phi) is 7.72. The molecule has 0 spiro atoms. The van der Waals surface area contributed by atoms with Crippen molar-refractivity contribution in [3.63, 3.8) is 0 Å². The van der Waals surface area contributed by atoms with Crippen LogP contribution in [-0.2, 0) is 25.5 Å². The molecule has 3 unspecified atom stereocenters. The molecule has 2 N–H and O–H groups in total. The van der Waals surface area contributed by atoms with E-state index in [0.717, 1.165) is 10.5 Å². The van der Waals surface area contributed by atoms with Crippen molar-refractivity contribution in [1.29, 1.82) is 0 Å². The van der Waals surface area contributed by atoms with E-state index in [4.69, 9.17) is 4.74 Å². The monoisotopic (exact) mass is 405 g/mol. The largest absolute Gasteiger partial charge is 0.480 e. The Balaban J connectivity index is 2.06. The number of esters is 1. The van der Waals surface area contributed by atoms with Crippen molar-refractivity contribution in [3.8, 4) is 0 Å². The highest BCUT2D eigenvalue weighted by atomic mass is 16.5. The highest BCUT2D eigenvalue weighted by Gasteiger charge is 2.46. The van der Waals surface area contributed by atoms with Gasteiger partial charge in [-0.05, 0) is 32.3 Å². The fraction of sp³-hybridized carbons (Fsp3) is 0.500. The normalized spacial score (nSPS) is 18.4. The van der Waals surface area contributed by atoms with Crippen LogP contribution in [0, 0.1) is 0 Å². The molecule has 29 heavy (non-hydrogen) atoms. The van der Waals surface area contributed by atoms with Gasteiger partial charge in [0.15, 0.2) is 6.04 Å². The Morgan fingerprint density at radius 1 is 1.28 bits per heavy atom. The number of likely N-dealkylation sites (N-methyl/N-ethyl adjacent to an activating group) is 1. The van der Waals surface area contributed by atoms with Gasteiger partial charge in [0, 0.05) is 7.05 Å². The minimum absolute atomic E-state index is 0.0342. The number of amides is 3. The molecule has 0 saturated carbocycles. The van der Waals surface area contributed by atoms with E-state index < -0.39 is 42.0 Å². The molecule has 0 aromatic heterocycles. The molecular formula is C20H27N3O6. The topological polar surface area (TPSA) is 116 Å². The van der Waals surface area contributed by atoms with Gasteiger partial charge in [-0.25, -0.2) is 14.5 Å². The summed E-state index contributed by atoms with van der Waals surface area (Å²) in [5.74, 6) is -2.42. The van der Waals surface area contributed by atoms with Gasteiger partial charge >= 0.3 is 18.0 Å². The second kappa shape index (κ2) is 10.0. The number of nitrogens with one attached hydrogen (secondary N) is 1. The number of hydrogen-bond acceptors (Lipinski definition) is 6. The standard InChI is InChI=1S/C20H27N3O6/c1-4-29-19(27)16-12-22(3)20(28)23(16)17(24)13(2)21-15(18(25)26)11-10-14-8-6-5-7-9-14/h5-9,13,15-16,21H,4,10-12H2,1-3H3,(H,25,26). The first kappa shape index (κ1) is 22.4. The van der Waals surface area contributed by atoms with Gasteiger partial charge in [0.1, 0.15) is 6.04 Å². The fourth-order valence-corrected chi connectivity index (χ4v) is 3.22. The van der Waals surface area contributed by atoms with Crippen LogP contribution in [0.25, 0.3) is 0 Å². The van der Waals surface area contributed by atoms with E-state index in [1.807, 2.05) is 30.3 Å². The summed E-state index contributed by atoms with van der Waals surface area (Å²) in [7, 11) is 1.49. The van der Waals surface area contributed by atoms with E-state index >= 15 is 0 Å². The first-order valence-corrected chi connectivity index (χ1v) is 9.53. The van der Waals surface area contributed by atoms with Crippen LogP contribution in [0.4, 0.5) is 4.79 Å². The van der Waals surface area contributed by atoms with Crippen LogP contribution in [0.2, 0.25) is 0 Å². The summed E-state index contributed by atoms with van der Waals surface area (Å²) >= 11 is 0. The second-order valence-electron chi connectivity index (χ2n) is 6.94. The molecule has 9 nitrogen and oxygen atoms in total. The number of urea groups is 1. The molecule has 0 bridgehead atoms. The third-order valence-electron chi connectivity index (χ3n) is 4.77. The maximum atomic E-state index is 12.9. The Hall–Kier alpha value is -2.94. The molecule has 1 aromatic rings. The minimum Gasteiger partial charge on any atom is -0.480 e. The number of aryl methyl sites for hydroxylation is 1. The maximum Gasteiger partial charge on any atom is 0.331 e. The summed E-state index contributed by atoms with van der Waals surface area (Å²) in [5.41, 5.74) is 0.984. The van der Waals surface area contributed by atoms with Gasteiger partial charge < -0.3 is 14.7 Å². The number of ether oxygens (including phenoxy) is 1. The lowest BCUT2D eigenvalue weighted by Crippen LogP contribution is -2.54. The first-order chi connectivity index (χ1) is 13.8. The number of imide groups is 1. The number of carboxylic acid groups (broad SMARTS) is 1. The summed E-state index contributed by atoms with van der Waals surface area (Å²) in [6.07, 6.45) is 0.786. The molecule has 3 amide bonds. The van der Waals surface area contributed by atoms with Crippen LogP contribution in [0.1, 0.15) is 25.8 Å². The number of carbonyl (C=O) groups excluding carboxylic acids is 3. The van der Waals surface area contributed by atoms with Gasteiger partial charge in [-0.15, -0.1) is 0 Å². The van der Waals surface area contributed by atoms with Crippen LogP contribution in [0.15, 0.2) is 30.3 Å². The molecule has 2 rings (SSSR count). The quantitative estimate of drug-likeness (QED) is 0.586. The molecule has 1 saturated heterocycles. The Bertz CT molecular complexity index is 754. The average molecular weight is 405 g/mol. The van der Waals surface area contributed by atoms with E-state index in [2.05, 4.69) is 5.32 Å². The molecule has 3 atom stereocenters. The lowest BCUT2D eigenvalue weighted by Gasteiger charge is -2.25. The Morgan fingerprint density at radius 3 is 2.52 bits per heavy atom. The van der Waals surface area contributed by atoms with Crippen molar-refractivity contribution >= 4 is 23.9 Å². The molecule has 0 aliphatic carbocycles. The van der Waals surface area contributed by atoms with Gasteiger partial charge in [0.2, 0.25) is 5.91 Å². The van der Waals surface area contributed by atoms with Crippen molar-refractivity contribution in [1.82, 2.24) is 15.1 Å².